The summed E-state index contributed by atoms with van der Waals surface area (Å²) in [5, 5.41) is 1.39. The number of aromatic nitrogens is 2. The number of hydrogen-bond acceptors (Lipinski definition) is 0. The summed E-state index contributed by atoms with van der Waals surface area (Å²) in [6, 6.07) is 0. The number of nitrogens with zero attached hydrogens (tertiary/aromatic N) is 1. The zero-order valence-corrected chi connectivity index (χ0v) is 21.6. The monoisotopic (exact) mass is 482 g/mol. The highest BCUT2D eigenvalue weighted by Gasteiger charge is 2.26. The van der Waals surface area contributed by atoms with Crippen LogP contribution in [-0.2, 0) is 0 Å². The zero-order chi connectivity index (χ0) is 30.1. The fourth-order valence-corrected chi connectivity index (χ4v) is 5.70. The third-order valence-corrected chi connectivity index (χ3v) is 7.93. The normalized spacial score (nSPS) is 11.9. The molecule has 17 heteroatoms. The van der Waals surface area contributed by atoms with Crippen LogP contribution in [0.4, 0.5) is 0 Å². The topological polar surface area (TPSA) is 20.7 Å². The molecule has 0 aliphatic rings. The summed E-state index contributed by atoms with van der Waals surface area (Å²) in [7, 11) is 96.0. The van der Waals surface area contributed by atoms with E-state index in [1.807, 2.05) is 0 Å². The van der Waals surface area contributed by atoms with E-state index >= 15 is 0 Å². The Bertz CT molecular complexity index is 2130. The quantitative estimate of drug-likeness (QED) is 0.226. The summed E-state index contributed by atoms with van der Waals surface area (Å²) in [5.41, 5.74) is 2.37. The van der Waals surface area contributed by atoms with Gasteiger partial charge in [0, 0.05) is 27.8 Å². The van der Waals surface area contributed by atoms with Gasteiger partial charge in [0.05, 0.1) is 0 Å². The molecule has 0 amide bonds. The van der Waals surface area contributed by atoms with Gasteiger partial charge >= 0.3 is 0 Å². The van der Waals surface area contributed by atoms with Gasteiger partial charge in [0.25, 0.3) is 0 Å². The second-order valence-corrected chi connectivity index (χ2v) is 9.96. The molecule has 6 rings (SSSR count). The van der Waals surface area contributed by atoms with Gasteiger partial charge in [-0.1, -0.05) is 49.2 Å². The first-order valence-corrected chi connectivity index (χ1v) is 12.0. The minimum Gasteiger partial charge on any atom is -0.355 e. The van der Waals surface area contributed by atoms with Crippen molar-refractivity contribution in [2.45, 2.75) is 0 Å². The first-order chi connectivity index (χ1) is 19.1. The summed E-state index contributed by atoms with van der Waals surface area (Å²) in [6.45, 7) is 0. The summed E-state index contributed by atoms with van der Waals surface area (Å²) in [5.74, 6) is 0. The molecule has 0 atom stereocenters. The van der Waals surface area contributed by atoms with Crippen LogP contribution in [0.3, 0.4) is 0 Å². The van der Waals surface area contributed by atoms with E-state index in [2.05, 4.69) is 4.98 Å². The molecular weight excluding hydrogens is 478 g/mol. The van der Waals surface area contributed by atoms with E-state index in [0.29, 0.717) is 32.6 Å². The van der Waals surface area contributed by atoms with Crippen LogP contribution >= 0.6 is 0 Å². The van der Waals surface area contributed by atoms with Gasteiger partial charge in [-0.3, -0.25) is 0 Å². The SMILES string of the molecule is [B]c1c([B])c([B])c2c([nH]c3c([B])c(-n4c5c([B])c([B])c([B])c([B])c5c5c([B])c([B])c([B])c([B])c54)c([B])c([B])c32)c1[B]. The summed E-state index contributed by atoms with van der Waals surface area (Å²) < 4.78 is 1.54. The molecule has 30 radical (unpaired) electrons. The van der Waals surface area contributed by atoms with E-state index < -0.39 is 0 Å². The van der Waals surface area contributed by atoms with E-state index in [9.17, 15) is 0 Å². The number of nitrogens with one attached hydrogen (secondary N) is 1. The first-order valence-electron chi connectivity index (χ1n) is 12.0. The van der Waals surface area contributed by atoms with Crippen molar-refractivity contribution in [3.8, 4) is 5.69 Å². The maximum Gasteiger partial charge on any atom is 0.119 e. The average molecular weight is 479 g/mol. The second-order valence-electron chi connectivity index (χ2n) is 9.96. The van der Waals surface area contributed by atoms with Crippen LogP contribution in [0.5, 0.6) is 0 Å². The minimum atomic E-state index is 0.0143. The molecule has 0 bridgehead atoms. The van der Waals surface area contributed by atoms with E-state index in [1.54, 1.807) is 0 Å². The Labute approximate surface area is 257 Å². The Kier molecular flexibility index (Phi) is 6.43. The molecule has 2 aromatic heterocycles. The minimum absolute atomic E-state index is 0.0143. The predicted molar refractivity (Wildman–Crippen MR) is 191 cm³/mol. The molecule has 0 spiro atoms. The standard InChI is InChI=1S/C24HB15N2/c25-5-1-2-6(26)16(36)24(19(39)21(2)40-20(1)15(35)12(32)9(5)29)41-22-3(7(27)10(30)13(33)17(22)37)4-8(28)11(31)14(34)18(38)23(4)41/h40H. The molecule has 0 fully saturated rings. The molecule has 0 aliphatic carbocycles. The lowest BCUT2D eigenvalue weighted by molar-refractivity contribution is 1.22. The molecule has 0 saturated heterocycles. The third-order valence-electron chi connectivity index (χ3n) is 7.93. The highest BCUT2D eigenvalue weighted by atomic mass is 15.0. The predicted octanol–water partition coefficient (Wildman–Crippen LogP) is -11.7. The number of H-pyrrole nitrogens is 1. The highest BCUT2D eigenvalue weighted by Crippen LogP contribution is 2.27. The summed E-state index contributed by atoms with van der Waals surface area (Å²) in [4.78, 5) is 3.17. The van der Waals surface area contributed by atoms with Gasteiger partial charge in [0.1, 0.15) is 118 Å². The van der Waals surface area contributed by atoms with E-state index in [1.165, 1.54) is 4.57 Å². The number of hydrogen-bond donors (Lipinski definition) is 1. The highest BCUT2D eigenvalue weighted by molar-refractivity contribution is 6.73. The summed E-state index contributed by atoms with van der Waals surface area (Å²) >= 11 is 0. The number of aromatic amines is 1. The van der Waals surface area contributed by atoms with Crippen LogP contribution in [0.15, 0.2) is 0 Å². The fourth-order valence-electron chi connectivity index (χ4n) is 5.70. The maximum absolute atomic E-state index is 6.83. The third kappa shape index (κ3) is 3.41. The lowest BCUT2D eigenvalue weighted by Crippen LogP contribution is -2.49. The molecule has 41 heavy (non-hydrogen) atoms. The van der Waals surface area contributed by atoms with Crippen LogP contribution in [-0.4, -0.2) is 127 Å². The van der Waals surface area contributed by atoms with Gasteiger partial charge in [0.2, 0.25) is 0 Å². The van der Waals surface area contributed by atoms with Crippen LogP contribution in [0.1, 0.15) is 0 Å². The number of fused-ring (bicyclic) bond motifs is 6. The van der Waals surface area contributed by atoms with E-state index in [-0.39, 0.29) is 98.7 Å². The van der Waals surface area contributed by atoms with Gasteiger partial charge in [-0.05, 0) is 21.5 Å². The lowest BCUT2D eigenvalue weighted by Gasteiger charge is -2.23. The molecular formula is C24HB15N2. The van der Waals surface area contributed by atoms with Crippen molar-refractivity contribution in [1.82, 2.24) is 9.55 Å². The van der Waals surface area contributed by atoms with Crippen LogP contribution in [0.2, 0.25) is 0 Å². The molecule has 0 unspecified atom stereocenters. The van der Waals surface area contributed by atoms with Gasteiger partial charge in [-0.2, -0.15) is 0 Å². The molecule has 0 aliphatic heterocycles. The van der Waals surface area contributed by atoms with Gasteiger partial charge in [-0.25, -0.2) is 0 Å². The Morgan fingerprint density at radius 2 is 0.610 bits per heavy atom. The molecule has 4 aromatic carbocycles. The van der Waals surface area contributed by atoms with Crippen molar-refractivity contribution < 1.29 is 0 Å². The molecule has 1 N–H and O–H groups in total. The molecule has 0 saturated carbocycles. The van der Waals surface area contributed by atoms with Crippen molar-refractivity contribution in [2.75, 3.05) is 0 Å². The van der Waals surface area contributed by atoms with Gasteiger partial charge in [0.15, 0.2) is 0 Å². The fraction of sp³-hybridized carbons (Fsp3) is 0. The summed E-state index contributed by atoms with van der Waals surface area (Å²) in [6.07, 6.45) is 0. The average Bonchev–Trinajstić information content (AvgIpc) is 3.52. The van der Waals surface area contributed by atoms with Crippen molar-refractivity contribution >= 4 is 243 Å². The Morgan fingerprint density at radius 3 is 1.05 bits per heavy atom. The zero-order valence-electron chi connectivity index (χ0n) is 21.6. The van der Waals surface area contributed by atoms with Crippen molar-refractivity contribution in [3.63, 3.8) is 0 Å². The largest absolute Gasteiger partial charge is 0.355 e. The molecule has 2 heterocycles. The van der Waals surface area contributed by atoms with Crippen molar-refractivity contribution in [3.05, 3.63) is 0 Å². The lowest BCUT2D eigenvalue weighted by atomic mass is 9.63. The van der Waals surface area contributed by atoms with Crippen LogP contribution in [0, 0.1) is 0 Å². The smallest absolute Gasteiger partial charge is 0.119 e. The van der Waals surface area contributed by atoms with E-state index in [4.69, 9.17) is 118 Å². The Balaban J connectivity index is 1.96. The molecule has 2 nitrogen and oxygen atoms in total. The van der Waals surface area contributed by atoms with Crippen LogP contribution in [0.25, 0.3) is 49.3 Å². The Morgan fingerprint density at radius 1 is 0.293 bits per heavy atom. The molecule has 152 valence electrons. The van der Waals surface area contributed by atoms with Crippen molar-refractivity contribution in [2.24, 2.45) is 0 Å². The maximum atomic E-state index is 6.83. The molecule has 6 aromatic rings. The Hall–Kier alpha value is -2.55. The number of rotatable bonds is 1. The number of benzene rings is 4. The first kappa shape index (κ1) is 28.6. The van der Waals surface area contributed by atoms with Gasteiger partial charge < -0.3 is 9.55 Å². The van der Waals surface area contributed by atoms with E-state index in [0.717, 1.165) is 0 Å². The van der Waals surface area contributed by atoms with Crippen molar-refractivity contribution in [1.29, 1.82) is 0 Å². The van der Waals surface area contributed by atoms with Crippen LogP contribution < -0.4 is 81.9 Å². The second kappa shape index (κ2) is 9.22. The van der Waals surface area contributed by atoms with Gasteiger partial charge in [-0.15, -0.1) is 32.8 Å².